The summed E-state index contributed by atoms with van der Waals surface area (Å²) in [6, 6.07) is 13.4. The van der Waals surface area contributed by atoms with Crippen molar-refractivity contribution >= 4 is 42.2 Å². The van der Waals surface area contributed by atoms with Gasteiger partial charge in [0.25, 0.3) is 0 Å². The minimum absolute atomic E-state index is 0.682. The third-order valence-electron chi connectivity index (χ3n) is 3.14. The van der Waals surface area contributed by atoms with Crippen molar-refractivity contribution in [3.05, 3.63) is 47.5 Å². The molecular weight excluding hydrogens is 240 g/mol. The highest BCUT2D eigenvalue weighted by molar-refractivity contribution is 9.10. The van der Waals surface area contributed by atoms with Crippen molar-refractivity contribution in [2.75, 3.05) is 0 Å². The summed E-state index contributed by atoms with van der Waals surface area (Å²) in [5.41, 5.74) is 3.10. The SMILES string of the molecule is c1cc2c3c(cccc3c1)[C@@H]1SSS[C@H]21. The van der Waals surface area contributed by atoms with Crippen LogP contribution in [0.3, 0.4) is 0 Å². The lowest BCUT2D eigenvalue weighted by Gasteiger charge is -2.06. The Kier molecular flexibility index (Phi) is 1.84. The molecule has 0 radical (unpaired) electrons. The molecule has 2 aliphatic rings. The average Bonchev–Trinajstić information content (AvgIpc) is 2.84. The Labute approximate surface area is 100 Å². The molecule has 0 nitrogen and oxygen atoms in total. The van der Waals surface area contributed by atoms with E-state index in [4.69, 9.17) is 0 Å². The van der Waals surface area contributed by atoms with Crippen molar-refractivity contribution in [2.24, 2.45) is 0 Å². The highest BCUT2D eigenvalue weighted by Crippen LogP contribution is 2.70. The van der Waals surface area contributed by atoms with E-state index in [1.165, 1.54) is 10.8 Å². The van der Waals surface area contributed by atoms with E-state index in [-0.39, 0.29) is 0 Å². The molecule has 4 rings (SSSR count). The Bertz CT molecular complexity index is 505. The molecule has 0 spiro atoms. The van der Waals surface area contributed by atoms with Crippen LogP contribution in [0.25, 0.3) is 10.8 Å². The maximum Gasteiger partial charge on any atom is 0.0583 e. The topological polar surface area (TPSA) is 0 Å². The molecule has 1 fully saturated rings. The fourth-order valence-electron chi connectivity index (χ4n) is 2.51. The molecule has 2 atom stereocenters. The van der Waals surface area contributed by atoms with Crippen molar-refractivity contribution in [3.8, 4) is 0 Å². The van der Waals surface area contributed by atoms with Gasteiger partial charge in [-0.15, -0.1) is 0 Å². The van der Waals surface area contributed by atoms with E-state index in [1.54, 1.807) is 11.1 Å². The Morgan fingerprint density at radius 2 is 1.40 bits per heavy atom. The molecule has 0 aromatic heterocycles. The predicted octanol–water partition coefficient (Wildman–Crippen LogP) is 4.98. The van der Waals surface area contributed by atoms with Crippen LogP contribution in [-0.2, 0) is 0 Å². The van der Waals surface area contributed by atoms with Crippen LogP contribution in [0.15, 0.2) is 36.4 Å². The van der Waals surface area contributed by atoms with Gasteiger partial charge in [0, 0.05) is 0 Å². The maximum atomic E-state index is 2.30. The Morgan fingerprint density at radius 3 is 2.00 bits per heavy atom. The number of fused-ring (bicyclic) bond motifs is 3. The first-order valence-electron chi connectivity index (χ1n) is 4.95. The van der Waals surface area contributed by atoms with E-state index in [2.05, 4.69) is 36.4 Å². The summed E-state index contributed by atoms with van der Waals surface area (Å²) in [6.07, 6.45) is 0. The van der Waals surface area contributed by atoms with Crippen LogP contribution in [0.1, 0.15) is 21.6 Å². The van der Waals surface area contributed by atoms with Crippen LogP contribution in [0.5, 0.6) is 0 Å². The van der Waals surface area contributed by atoms with Crippen LogP contribution >= 0.6 is 31.4 Å². The molecule has 1 aliphatic heterocycles. The Morgan fingerprint density at radius 1 is 0.800 bits per heavy atom. The van der Waals surface area contributed by atoms with Gasteiger partial charge in [0.15, 0.2) is 0 Å². The summed E-state index contributed by atoms with van der Waals surface area (Å²) in [5, 5.41) is 4.29. The summed E-state index contributed by atoms with van der Waals surface area (Å²) in [6.45, 7) is 0. The first kappa shape index (κ1) is 8.85. The van der Waals surface area contributed by atoms with Gasteiger partial charge in [-0.05, 0) is 31.7 Å². The first-order valence-corrected chi connectivity index (χ1v) is 8.56. The fraction of sp³-hybridized carbons (Fsp3) is 0.167. The van der Waals surface area contributed by atoms with Crippen LogP contribution in [0.2, 0.25) is 0 Å². The second-order valence-electron chi connectivity index (χ2n) is 3.89. The molecular formula is C12H8S3. The van der Waals surface area contributed by atoms with E-state index in [1.807, 2.05) is 31.4 Å². The first-order chi connectivity index (χ1) is 7.45. The number of benzene rings is 2. The van der Waals surface area contributed by atoms with Gasteiger partial charge in [0.05, 0.1) is 10.5 Å². The number of hydrogen-bond acceptors (Lipinski definition) is 3. The Hall–Kier alpha value is -0.250. The lowest BCUT2D eigenvalue weighted by atomic mass is 10.1. The van der Waals surface area contributed by atoms with E-state index in [0.717, 1.165) is 0 Å². The zero-order valence-corrected chi connectivity index (χ0v) is 10.3. The van der Waals surface area contributed by atoms with Gasteiger partial charge < -0.3 is 0 Å². The molecule has 0 amide bonds. The van der Waals surface area contributed by atoms with Crippen LogP contribution < -0.4 is 0 Å². The van der Waals surface area contributed by atoms with E-state index < -0.39 is 0 Å². The molecule has 15 heavy (non-hydrogen) atoms. The molecule has 74 valence electrons. The van der Waals surface area contributed by atoms with Crippen LogP contribution in [-0.4, -0.2) is 0 Å². The second-order valence-corrected chi connectivity index (χ2v) is 8.22. The monoisotopic (exact) mass is 248 g/mol. The molecule has 1 aliphatic carbocycles. The molecule has 0 saturated carbocycles. The summed E-state index contributed by atoms with van der Waals surface area (Å²) >= 11 is 0. The molecule has 0 N–H and O–H groups in total. The van der Waals surface area contributed by atoms with Gasteiger partial charge in [0.2, 0.25) is 0 Å². The largest absolute Gasteiger partial charge is 0.0727 e. The normalized spacial score (nSPS) is 27.2. The molecule has 2 aromatic carbocycles. The number of rotatable bonds is 0. The quantitative estimate of drug-likeness (QED) is 0.604. The highest BCUT2D eigenvalue weighted by Gasteiger charge is 2.39. The van der Waals surface area contributed by atoms with Crippen molar-refractivity contribution in [1.82, 2.24) is 0 Å². The molecule has 0 bridgehead atoms. The van der Waals surface area contributed by atoms with Crippen molar-refractivity contribution in [2.45, 2.75) is 10.5 Å². The van der Waals surface area contributed by atoms with Gasteiger partial charge in [-0.25, -0.2) is 0 Å². The average molecular weight is 248 g/mol. The van der Waals surface area contributed by atoms with Gasteiger partial charge in [0.1, 0.15) is 0 Å². The summed E-state index contributed by atoms with van der Waals surface area (Å²) < 4.78 is 0. The van der Waals surface area contributed by atoms with E-state index in [0.29, 0.717) is 10.5 Å². The van der Waals surface area contributed by atoms with Gasteiger partial charge in [-0.3, -0.25) is 0 Å². The van der Waals surface area contributed by atoms with E-state index in [9.17, 15) is 0 Å². The molecule has 3 heteroatoms. The lowest BCUT2D eigenvalue weighted by molar-refractivity contribution is 0.979. The van der Waals surface area contributed by atoms with Gasteiger partial charge >= 0.3 is 0 Å². The summed E-state index contributed by atoms with van der Waals surface area (Å²) in [4.78, 5) is 0. The maximum absolute atomic E-state index is 2.30. The standard InChI is InChI=1S/C12H8S3/c1-3-7-4-2-6-9-10(7)8(5-1)11-12(9)14-15-13-11/h1-6,11-12H/t11-,12+. The minimum Gasteiger partial charge on any atom is -0.0727 e. The third-order valence-corrected chi connectivity index (χ3v) is 8.07. The fourth-order valence-corrected chi connectivity index (χ4v) is 8.44. The second kappa shape index (κ2) is 3.12. The summed E-state index contributed by atoms with van der Waals surface area (Å²) in [7, 11) is 5.99. The van der Waals surface area contributed by atoms with Gasteiger partial charge in [-0.1, -0.05) is 58.0 Å². The smallest absolute Gasteiger partial charge is 0.0583 e. The predicted molar refractivity (Wildman–Crippen MR) is 72.2 cm³/mol. The summed E-state index contributed by atoms with van der Waals surface area (Å²) in [5.74, 6) is 0. The lowest BCUT2D eigenvalue weighted by Crippen LogP contribution is -1.89. The van der Waals surface area contributed by atoms with Crippen molar-refractivity contribution in [3.63, 3.8) is 0 Å². The number of hydrogen-bond donors (Lipinski definition) is 0. The zero-order valence-electron chi connectivity index (χ0n) is 7.84. The van der Waals surface area contributed by atoms with Crippen molar-refractivity contribution < 1.29 is 0 Å². The zero-order chi connectivity index (χ0) is 9.83. The van der Waals surface area contributed by atoms with Crippen LogP contribution in [0, 0.1) is 0 Å². The molecule has 1 heterocycles. The highest BCUT2D eigenvalue weighted by atomic mass is 33.5. The minimum atomic E-state index is 0.682. The molecule has 1 saturated heterocycles. The van der Waals surface area contributed by atoms with Gasteiger partial charge in [-0.2, -0.15) is 0 Å². The van der Waals surface area contributed by atoms with Crippen molar-refractivity contribution in [1.29, 1.82) is 0 Å². The molecule has 0 unspecified atom stereocenters. The third kappa shape index (κ3) is 1.09. The van der Waals surface area contributed by atoms with Crippen LogP contribution in [0.4, 0.5) is 0 Å². The van der Waals surface area contributed by atoms with E-state index >= 15 is 0 Å². The molecule has 2 aromatic rings. The Balaban J connectivity index is 2.15.